The van der Waals surface area contributed by atoms with Gasteiger partial charge in [-0.25, -0.2) is 8.42 Å². The second kappa shape index (κ2) is 11.3. The number of nitrogens with one attached hydrogen (secondary N) is 1. The third-order valence-corrected chi connectivity index (χ3v) is 6.69. The minimum absolute atomic E-state index is 0.129. The minimum atomic E-state index is -3.51. The Balaban J connectivity index is 2.17. The molecule has 0 heterocycles. The standard InChI is InChI=1S/C25H35N3O4S/c1-18-9-7-10-22(14-18)17-27(21(4)25(30)26-5)24(29)11-8-12-28(33(6,31)32)23-15-19(2)13-20(3)16-23/h7,9-10,13-16,21H,8,11-12,17H2,1-6H3,(H,26,30)/t21-/m1/s1. The molecule has 0 fully saturated rings. The number of likely N-dealkylation sites (N-methyl/N-ethyl adjacent to an activating group) is 1. The van der Waals surface area contributed by atoms with Crippen LogP contribution < -0.4 is 9.62 Å². The SMILES string of the molecule is CNC(=O)[C@@H](C)N(Cc1cccc(C)c1)C(=O)CCCN(c1cc(C)cc(C)c1)S(C)(=O)=O. The zero-order valence-electron chi connectivity index (χ0n) is 20.4. The zero-order chi connectivity index (χ0) is 24.8. The van der Waals surface area contributed by atoms with Crippen molar-refractivity contribution in [1.29, 1.82) is 0 Å². The normalized spacial score (nSPS) is 12.2. The van der Waals surface area contributed by atoms with Gasteiger partial charge in [-0.15, -0.1) is 0 Å². The van der Waals surface area contributed by atoms with E-state index in [-0.39, 0.29) is 24.8 Å². The highest BCUT2D eigenvalue weighted by atomic mass is 32.2. The number of carbonyl (C=O) groups is 2. The molecule has 0 unspecified atom stereocenters. The van der Waals surface area contributed by atoms with Crippen molar-refractivity contribution < 1.29 is 18.0 Å². The van der Waals surface area contributed by atoms with E-state index in [1.165, 1.54) is 10.6 Å². The molecule has 2 amide bonds. The predicted molar refractivity (Wildman–Crippen MR) is 133 cm³/mol. The molecule has 2 aromatic carbocycles. The Morgan fingerprint density at radius 2 is 1.64 bits per heavy atom. The van der Waals surface area contributed by atoms with Crippen molar-refractivity contribution in [3.8, 4) is 0 Å². The van der Waals surface area contributed by atoms with Crippen LogP contribution in [0.4, 0.5) is 5.69 Å². The lowest BCUT2D eigenvalue weighted by atomic mass is 10.1. The Morgan fingerprint density at radius 1 is 1.00 bits per heavy atom. The fraction of sp³-hybridized carbons (Fsp3) is 0.440. The Kier molecular flexibility index (Phi) is 9.05. The Labute approximate surface area is 197 Å². The van der Waals surface area contributed by atoms with Gasteiger partial charge in [0.25, 0.3) is 0 Å². The smallest absolute Gasteiger partial charge is 0.242 e. The summed E-state index contributed by atoms with van der Waals surface area (Å²) in [6.07, 6.45) is 1.64. The van der Waals surface area contributed by atoms with Gasteiger partial charge in [0.1, 0.15) is 6.04 Å². The Hall–Kier alpha value is -2.87. The van der Waals surface area contributed by atoms with Crippen molar-refractivity contribution in [1.82, 2.24) is 10.2 Å². The maximum absolute atomic E-state index is 13.1. The van der Waals surface area contributed by atoms with E-state index in [1.807, 2.05) is 63.2 Å². The molecule has 1 atom stereocenters. The number of hydrogen-bond acceptors (Lipinski definition) is 4. The van der Waals surface area contributed by atoms with E-state index in [4.69, 9.17) is 0 Å². The van der Waals surface area contributed by atoms with E-state index in [1.54, 1.807) is 18.9 Å². The van der Waals surface area contributed by atoms with Gasteiger partial charge in [-0.2, -0.15) is 0 Å². The maximum Gasteiger partial charge on any atom is 0.242 e. The monoisotopic (exact) mass is 473 g/mol. The van der Waals surface area contributed by atoms with Gasteiger partial charge in [-0.1, -0.05) is 35.9 Å². The molecule has 33 heavy (non-hydrogen) atoms. The van der Waals surface area contributed by atoms with Crippen molar-refractivity contribution in [3.63, 3.8) is 0 Å². The fourth-order valence-corrected chi connectivity index (χ4v) is 4.85. The molecule has 2 rings (SSSR count). The van der Waals surface area contributed by atoms with Crippen LogP contribution in [-0.4, -0.2) is 51.0 Å². The molecular formula is C25H35N3O4S. The third kappa shape index (κ3) is 7.60. The highest BCUT2D eigenvalue weighted by Crippen LogP contribution is 2.22. The second-order valence-electron chi connectivity index (χ2n) is 8.59. The number of aryl methyl sites for hydroxylation is 3. The number of nitrogens with zero attached hydrogens (tertiary/aromatic N) is 2. The van der Waals surface area contributed by atoms with Crippen LogP contribution >= 0.6 is 0 Å². The van der Waals surface area contributed by atoms with Gasteiger partial charge < -0.3 is 10.2 Å². The molecule has 0 bridgehead atoms. The van der Waals surface area contributed by atoms with Gasteiger partial charge in [0.2, 0.25) is 21.8 Å². The molecule has 180 valence electrons. The molecule has 0 spiro atoms. The summed E-state index contributed by atoms with van der Waals surface area (Å²) >= 11 is 0. The topological polar surface area (TPSA) is 86.8 Å². The molecule has 0 radical (unpaired) electrons. The number of carbonyl (C=O) groups excluding carboxylic acids is 2. The number of benzene rings is 2. The van der Waals surface area contributed by atoms with Crippen LogP contribution in [0.3, 0.4) is 0 Å². The first-order valence-electron chi connectivity index (χ1n) is 11.0. The summed E-state index contributed by atoms with van der Waals surface area (Å²) in [5.41, 5.74) is 4.55. The molecule has 0 aliphatic carbocycles. The number of anilines is 1. The summed E-state index contributed by atoms with van der Waals surface area (Å²) in [5.74, 6) is -0.439. The Morgan fingerprint density at radius 3 is 2.18 bits per heavy atom. The van der Waals surface area contributed by atoms with E-state index in [0.717, 1.165) is 22.3 Å². The Bertz CT molecular complexity index is 1080. The lowest BCUT2D eigenvalue weighted by Crippen LogP contribution is -2.46. The second-order valence-corrected chi connectivity index (χ2v) is 10.5. The lowest BCUT2D eigenvalue weighted by molar-refractivity contribution is -0.140. The van der Waals surface area contributed by atoms with Crippen molar-refractivity contribution in [3.05, 3.63) is 64.7 Å². The largest absolute Gasteiger partial charge is 0.357 e. The first-order chi connectivity index (χ1) is 15.4. The van der Waals surface area contributed by atoms with Crippen molar-refractivity contribution in [2.75, 3.05) is 24.2 Å². The number of sulfonamides is 1. The molecule has 1 N–H and O–H groups in total. The highest BCUT2D eigenvalue weighted by Gasteiger charge is 2.26. The molecule has 8 heteroatoms. The van der Waals surface area contributed by atoms with Gasteiger partial charge in [-0.05, 0) is 62.9 Å². The van der Waals surface area contributed by atoms with E-state index >= 15 is 0 Å². The van der Waals surface area contributed by atoms with Crippen molar-refractivity contribution in [2.45, 2.75) is 53.1 Å². The number of rotatable bonds is 10. The van der Waals surface area contributed by atoms with E-state index in [2.05, 4.69) is 5.32 Å². The van der Waals surface area contributed by atoms with Gasteiger partial charge in [0.15, 0.2) is 0 Å². The molecule has 7 nitrogen and oxygen atoms in total. The summed E-state index contributed by atoms with van der Waals surface area (Å²) in [4.78, 5) is 27.0. The summed E-state index contributed by atoms with van der Waals surface area (Å²) < 4.78 is 26.2. The van der Waals surface area contributed by atoms with E-state index in [9.17, 15) is 18.0 Å². The maximum atomic E-state index is 13.1. The third-order valence-electron chi connectivity index (χ3n) is 5.50. The summed E-state index contributed by atoms with van der Waals surface area (Å²) in [6, 6.07) is 12.8. The van der Waals surface area contributed by atoms with Crippen molar-refractivity contribution in [2.24, 2.45) is 0 Å². The zero-order valence-corrected chi connectivity index (χ0v) is 21.2. The first kappa shape index (κ1) is 26.4. The lowest BCUT2D eigenvalue weighted by Gasteiger charge is -2.29. The van der Waals surface area contributed by atoms with Crippen LogP contribution in [0.15, 0.2) is 42.5 Å². The minimum Gasteiger partial charge on any atom is -0.357 e. The molecule has 0 saturated heterocycles. The first-order valence-corrected chi connectivity index (χ1v) is 12.9. The van der Waals surface area contributed by atoms with Crippen LogP contribution in [-0.2, 0) is 26.2 Å². The van der Waals surface area contributed by atoms with Crippen LogP contribution in [0.2, 0.25) is 0 Å². The van der Waals surface area contributed by atoms with Crippen LogP contribution in [0.5, 0.6) is 0 Å². The van der Waals surface area contributed by atoms with Gasteiger partial charge >= 0.3 is 0 Å². The molecular weight excluding hydrogens is 438 g/mol. The summed E-state index contributed by atoms with van der Waals surface area (Å²) in [5, 5.41) is 2.60. The number of amides is 2. The molecule has 0 aliphatic rings. The van der Waals surface area contributed by atoms with Gasteiger partial charge in [0, 0.05) is 26.6 Å². The van der Waals surface area contributed by atoms with E-state index in [0.29, 0.717) is 18.7 Å². The van der Waals surface area contributed by atoms with Crippen LogP contribution in [0.1, 0.15) is 42.0 Å². The average molecular weight is 474 g/mol. The van der Waals surface area contributed by atoms with Crippen LogP contribution in [0.25, 0.3) is 0 Å². The quantitative estimate of drug-likeness (QED) is 0.574. The molecule has 2 aromatic rings. The summed E-state index contributed by atoms with van der Waals surface area (Å²) in [6.45, 7) is 8.01. The van der Waals surface area contributed by atoms with E-state index < -0.39 is 16.1 Å². The number of hydrogen-bond donors (Lipinski definition) is 1. The summed E-state index contributed by atoms with van der Waals surface area (Å²) in [7, 11) is -1.97. The predicted octanol–water partition coefficient (Wildman–Crippen LogP) is 3.32. The fourth-order valence-electron chi connectivity index (χ4n) is 3.90. The highest BCUT2D eigenvalue weighted by molar-refractivity contribution is 7.92. The van der Waals surface area contributed by atoms with Crippen LogP contribution in [0, 0.1) is 20.8 Å². The van der Waals surface area contributed by atoms with Crippen molar-refractivity contribution >= 4 is 27.5 Å². The average Bonchev–Trinajstić information content (AvgIpc) is 2.72. The van der Waals surface area contributed by atoms with Gasteiger partial charge in [-0.3, -0.25) is 13.9 Å². The molecule has 0 aromatic heterocycles. The molecule has 0 saturated carbocycles. The van der Waals surface area contributed by atoms with Gasteiger partial charge in [0.05, 0.1) is 11.9 Å². The molecule has 0 aliphatic heterocycles.